The SMILES string of the molecule is O=C(C=Cc1c(Cl)nc2sccn12)OCc1nnc(-c2ccccc2Cl)o1. The fraction of sp³-hybridized carbons (Fsp3) is 0.0588. The predicted molar refractivity (Wildman–Crippen MR) is 102 cm³/mol. The second-order valence-corrected chi connectivity index (χ2v) is 6.90. The van der Waals surface area contributed by atoms with Gasteiger partial charge in [0.1, 0.15) is 0 Å². The zero-order valence-corrected chi connectivity index (χ0v) is 15.8. The fourth-order valence-corrected chi connectivity index (χ4v) is 3.53. The average molecular weight is 421 g/mol. The maximum absolute atomic E-state index is 11.9. The van der Waals surface area contributed by atoms with Gasteiger partial charge in [-0.05, 0) is 18.2 Å². The summed E-state index contributed by atoms with van der Waals surface area (Å²) in [5.41, 5.74) is 1.21. The average Bonchev–Trinajstić information content (AvgIpc) is 3.35. The summed E-state index contributed by atoms with van der Waals surface area (Å²) >= 11 is 13.6. The van der Waals surface area contributed by atoms with Crippen LogP contribution in [0.5, 0.6) is 0 Å². The van der Waals surface area contributed by atoms with Gasteiger partial charge in [0.05, 0.1) is 16.3 Å². The molecule has 7 nitrogen and oxygen atoms in total. The number of halogens is 2. The molecule has 1 aromatic carbocycles. The Hall–Kier alpha value is -2.68. The molecular weight excluding hydrogens is 411 g/mol. The number of hydrogen-bond donors (Lipinski definition) is 0. The molecule has 0 saturated heterocycles. The quantitative estimate of drug-likeness (QED) is 0.348. The lowest BCUT2D eigenvalue weighted by atomic mass is 10.2. The van der Waals surface area contributed by atoms with E-state index in [1.807, 2.05) is 17.6 Å². The number of ether oxygens (including phenoxy) is 1. The molecule has 0 unspecified atom stereocenters. The van der Waals surface area contributed by atoms with Crippen molar-refractivity contribution in [3.05, 3.63) is 63.7 Å². The van der Waals surface area contributed by atoms with Crippen molar-refractivity contribution in [1.29, 1.82) is 0 Å². The summed E-state index contributed by atoms with van der Waals surface area (Å²) in [4.78, 5) is 16.9. The summed E-state index contributed by atoms with van der Waals surface area (Å²) < 4.78 is 12.4. The van der Waals surface area contributed by atoms with Crippen LogP contribution in [0.4, 0.5) is 0 Å². The third-order valence-electron chi connectivity index (χ3n) is 3.54. The first-order valence-electron chi connectivity index (χ1n) is 7.65. The summed E-state index contributed by atoms with van der Waals surface area (Å²) in [6.45, 7) is -0.158. The molecule has 0 aliphatic carbocycles. The highest BCUT2D eigenvalue weighted by Crippen LogP contribution is 2.26. The maximum atomic E-state index is 11.9. The molecule has 3 aromatic heterocycles. The van der Waals surface area contributed by atoms with Gasteiger partial charge in [-0.15, -0.1) is 21.5 Å². The molecule has 0 radical (unpaired) electrons. The van der Waals surface area contributed by atoms with Crippen LogP contribution in [0, 0.1) is 0 Å². The van der Waals surface area contributed by atoms with Crippen molar-refractivity contribution in [3.63, 3.8) is 0 Å². The second-order valence-electron chi connectivity index (χ2n) is 5.27. The van der Waals surface area contributed by atoms with Crippen molar-refractivity contribution in [2.24, 2.45) is 0 Å². The molecule has 0 amide bonds. The number of thiazole rings is 1. The molecule has 4 rings (SSSR count). The van der Waals surface area contributed by atoms with Crippen LogP contribution in [0.25, 0.3) is 22.5 Å². The molecule has 0 aliphatic heterocycles. The highest BCUT2D eigenvalue weighted by atomic mass is 35.5. The number of esters is 1. The molecule has 0 spiro atoms. The van der Waals surface area contributed by atoms with E-state index in [4.69, 9.17) is 32.4 Å². The molecule has 0 bridgehead atoms. The van der Waals surface area contributed by atoms with Gasteiger partial charge in [-0.25, -0.2) is 9.78 Å². The number of imidazole rings is 1. The van der Waals surface area contributed by atoms with Crippen molar-refractivity contribution in [1.82, 2.24) is 19.6 Å². The Balaban J connectivity index is 1.41. The maximum Gasteiger partial charge on any atom is 0.331 e. The van der Waals surface area contributed by atoms with Gasteiger partial charge in [-0.3, -0.25) is 4.40 Å². The largest absolute Gasteiger partial charge is 0.452 e. The Bertz CT molecular complexity index is 1150. The van der Waals surface area contributed by atoms with Crippen molar-refractivity contribution >= 4 is 51.5 Å². The molecular formula is C17H10Cl2N4O3S. The highest BCUT2D eigenvalue weighted by Gasteiger charge is 2.13. The number of fused-ring (bicyclic) bond motifs is 1. The van der Waals surface area contributed by atoms with Gasteiger partial charge in [0.25, 0.3) is 5.89 Å². The third-order valence-corrected chi connectivity index (χ3v) is 4.90. The van der Waals surface area contributed by atoms with E-state index in [2.05, 4.69) is 15.2 Å². The number of nitrogens with zero attached hydrogens (tertiary/aromatic N) is 4. The molecule has 136 valence electrons. The first-order chi connectivity index (χ1) is 13.1. The van der Waals surface area contributed by atoms with E-state index < -0.39 is 5.97 Å². The van der Waals surface area contributed by atoms with Gasteiger partial charge >= 0.3 is 5.97 Å². The molecule has 4 aromatic rings. The number of rotatable bonds is 5. The molecule has 0 N–H and O–H groups in total. The van der Waals surface area contributed by atoms with E-state index in [1.165, 1.54) is 17.4 Å². The van der Waals surface area contributed by atoms with Gasteiger partial charge in [0.2, 0.25) is 5.89 Å². The van der Waals surface area contributed by atoms with Crippen LogP contribution in [0.3, 0.4) is 0 Å². The van der Waals surface area contributed by atoms with Crippen LogP contribution in [-0.2, 0) is 16.1 Å². The number of carbonyl (C=O) groups excluding carboxylic acids is 1. The van der Waals surface area contributed by atoms with Gasteiger partial charge in [-0.2, -0.15) is 0 Å². The molecule has 0 atom stereocenters. The van der Waals surface area contributed by atoms with Gasteiger partial charge in [0, 0.05) is 17.7 Å². The lowest BCUT2D eigenvalue weighted by Gasteiger charge is -1.98. The first-order valence-corrected chi connectivity index (χ1v) is 9.28. The Morgan fingerprint density at radius 2 is 2.15 bits per heavy atom. The van der Waals surface area contributed by atoms with Crippen molar-refractivity contribution in [2.75, 3.05) is 0 Å². The summed E-state index contributed by atoms with van der Waals surface area (Å²) in [6.07, 6.45) is 4.62. The van der Waals surface area contributed by atoms with E-state index in [0.29, 0.717) is 21.4 Å². The Labute approximate surface area is 166 Å². The van der Waals surface area contributed by atoms with Crippen LogP contribution in [0.15, 0.2) is 46.3 Å². The molecule has 0 aliphatic rings. The second kappa shape index (κ2) is 7.51. The molecule has 10 heteroatoms. The Morgan fingerprint density at radius 3 is 3.00 bits per heavy atom. The molecule has 0 fully saturated rings. The highest BCUT2D eigenvalue weighted by molar-refractivity contribution is 7.15. The number of benzene rings is 1. The minimum atomic E-state index is -0.575. The predicted octanol–water partition coefficient (Wildman–Crippen LogP) is 4.51. The molecule has 27 heavy (non-hydrogen) atoms. The third kappa shape index (κ3) is 3.73. The topological polar surface area (TPSA) is 82.5 Å². The standard InChI is InChI=1S/C17H10Cl2N4O3S/c18-11-4-2-1-3-10(11)16-22-21-13(26-16)9-25-14(24)6-5-12-15(19)20-17-23(12)7-8-27-17/h1-8H,9H2. The van der Waals surface area contributed by atoms with E-state index in [9.17, 15) is 4.79 Å². The van der Waals surface area contributed by atoms with Gasteiger partial charge in [-0.1, -0.05) is 35.3 Å². The van der Waals surface area contributed by atoms with E-state index in [1.54, 1.807) is 28.7 Å². The minimum Gasteiger partial charge on any atom is -0.452 e. The van der Waals surface area contributed by atoms with Crippen LogP contribution in [0.1, 0.15) is 11.6 Å². The van der Waals surface area contributed by atoms with E-state index in [0.717, 1.165) is 4.96 Å². The zero-order chi connectivity index (χ0) is 18.8. The van der Waals surface area contributed by atoms with Crippen molar-refractivity contribution < 1.29 is 13.9 Å². The lowest BCUT2D eigenvalue weighted by molar-refractivity contribution is -0.139. The smallest absolute Gasteiger partial charge is 0.331 e. The summed E-state index contributed by atoms with van der Waals surface area (Å²) in [6, 6.07) is 7.09. The summed E-state index contributed by atoms with van der Waals surface area (Å²) in [5, 5.41) is 10.4. The van der Waals surface area contributed by atoms with Gasteiger partial charge in [0.15, 0.2) is 16.7 Å². The van der Waals surface area contributed by atoms with Crippen LogP contribution >= 0.6 is 34.5 Å². The summed E-state index contributed by atoms with van der Waals surface area (Å²) in [7, 11) is 0. The Morgan fingerprint density at radius 1 is 1.30 bits per heavy atom. The Kier molecular flexibility index (Phi) is 4.93. The summed E-state index contributed by atoms with van der Waals surface area (Å²) in [5.74, 6) is -0.156. The van der Waals surface area contributed by atoms with Crippen LogP contribution in [-0.4, -0.2) is 25.6 Å². The number of carbonyl (C=O) groups is 1. The van der Waals surface area contributed by atoms with E-state index in [-0.39, 0.29) is 18.4 Å². The fourth-order valence-electron chi connectivity index (χ4n) is 2.31. The molecule has 3 heterocycles. The number of hydrogen-bond acceptors (Lipinski definition) is 7. The van der Waals surface area contributed by atoms with Crippen molar-refractivity contribution in [2.45, 2.75) is 6.61 Å². The van der Waals surface area contributed by atoms with Gasteiger partial charge < -0.3 is 9.15 Å². The van der Waals surface area contributed by atoms with Crippen LogP contribution in [0.2, 0.25) is 10.2 Å². The van der Waals surface area contributed by atoms with E-state index >= 15 is 0 Å². The normalized spacial score (nSPS) is 11.5. The van der Waals surface area contributed by atoms with Crippen molar-refractivity contribution in [3.8, 4) is 11.5 Å². The first kappa shape index (κ1) is 17.7. The molecule has 0 saturated carbocycles. The monoisotopic (exact) mass is 420 g/mol. The zero-order valence-electron chi connectivity index (χ0n) is 13.5. The lowest BCUT2D eigenvalue weighted by Crippen LogP contribution is -2.01. The van der Waals surface area contributed by atoms with Crippen LogP contribution < -0.4 is 0 Å². The number of aromatic nitrogens is 4. The minimum absolute atomic E-state index is 0.158.